The van der Waals surface area contributed by atoms with Crippen molar-refractivity contribution in [3.8, 4) is 0 Å². The average Bonchev–Trinajstić information content (AvgIpc) is 1.69. The molecule has 0 fully saturated rings. The topological polar surface area (TPSA) is 42.8 Å². The summed E-state index contributed by atoms with van der Waals surface area (Å²) in [6.07, 6.45) is 1.29. The van der Waals surface area contributed by atoms with Gasteiger partial charge >= 0.3 is 0 Å². The molecule has 0 aromatic heterocycles. The molecule has 0 spiro atoms. The quantitative estimate of drug-likeness (QED) is 0.304. The third kappa shape index (κ3) is 5.23. The molecule has 0 aliphatic rings. The van der Waals surface area contributed by atoms with Gasteiger partial charge in [-0.3, -0.25) is 10.3 Å². The van der Waals surface area contributed by atoms with E-state index < -0.39 is 0 Å². The fourth-order valence-electron chi connectivity index (χ4n) is 0.127. The van der Waals surface area contributed by atoms with Gasteiger partial charge in [-0.1, -0.05) is 5.16 Å². The van der Waals surface area contributed by atoms with Crippen LogP contribution in [0.4, 0.5) is 0 Å². The second kappa shape index (κ2) is 5.23. The van der Waals surface area contributed by atoms with E-state index in [0.29, 0.717) is 0 Å². The van der Waals surface area contributed by atoms with Crippen LogP contribution in [-0.2, 0) is 9.68 Å². The molecule has 0 aliphatic carbocycles. The van der Waals surface area contributed by atoms with E-state index in [9.17, 15) is 0 Å². The van der Waals surface area contributed by atoms with Gasteiger partial charge in [-0.15, -0.1) is 0 Å². The molecule has 0 atom stereocenters. The molecule has 7 heavy (non-hydrogen) atoms. The lowest BCUT2D eigenvalue weighted by Crippen LogP contribution is -2.07. The Labute approximate surface area is 42.0 Å². The van der Waals surface area contributed by atoms with Gasteiger partial charge < -0.3 is 4.84 Å². The Bertz CT molecular complexity index is 54.9. The van der Waals surface area contributed by atoms with Gasteiger partial charge in [0.05, 0.1) is 7.11 Å². The van der Waals surface area contributed by atoms with Crippen molar-refractivity contribution >= 4 is 6.34 Å². The van der Waals surface area contributed by atoms with E-state index >= 15 is 0 Å². The lowest BCUT2D eigenvalue weighted by atomic mass is 11.4. The second-order valence-electron chi connectivity index (χ2n) is 0.739. The molecule has 0 saturated heterocycles. The summed E-state index contributed by atoms with van der Waals surface area (Å²) in [6.45, 7) is 0. The third-order valence-electron chi connectivity index (χ3n) is 0.329. The Morgan fingerprint density at radius 3 is 2.71 bits per heavy atom. The molecule has 0 aliphatic heterocycles. The number of hydroxylamine groups is 1. The van der Waals surface area contributed by atoms with Crippen LogP contribution >= 0.6 is 0 Å². The SMILES string of the molecule is CO/N=C/NOC. The van der Waals surface area contributed by atoms with Crippen LogP contribution in [0.2, 0.25) is 0 Å². The van der Waals surface area contributed by atoms with Crippen LogP contribution in [0.5, 0.6) is 0 Å². The Balaban J connectivity index is 2.78. The Morgan fingerprint density at radius 1 is 1.57 bits per heavy atom. The first-order chi connectivity index (χ1) is 3.41. The summed E-state index contributed by atoms with van der Waals surface area (Å²) >= 11 is 0. The van der Waals surface area contributed by atoms with Crippen molar-refractivity contribution in [2.45, 2.75) is 0 Å². The molecular formula is C3H8N2O2. The van der Waals surface area contributed by atoms with Crippen molar-refractivity contribution in [2.75, 3.05) is 14.2 Å². The van der Waals surface area contributed by atoms with Gasteiger partial charge in [0, 0.05) is 0 Å². The summed E-state index contributed by atoms with van der Waals surface area (Å²) in [5.74, 6) is 0. The van der Waals surface area contributed by atoms with Crippen LogP contribution < -0.4 is 5.48 Å². The summed E-state index contributed by atoms with van der Waals surface area (Å²) in [4.78, 5) is 8.64. The van der Waals surface area contributed by atoms with Crippen molar-refractivity contribution in [3.63, 3.8) is 0 Å². The first-order valence-electron chi connectivity index (χ1n) is 1.75. The summed E-state index contributed by atoms with van der Waals surface area (Å²) in [7, 11) is 2.94. The Kier molecular flexibility index (Phi) is 4.65. The lowest BCUT2D eigenvalue weighted by Gasteiger charge is -1.88. The zero-order valence-corrected chi connectivity index (χ0v) is 4.34. The van der Waals surface area contributed by atoms with Crippen molar-refractivity contribution in [3.05, 3.63) is 0 Å². The smallest absolute Gasteiger partial charge is 0.152 e. The average molecular weight is 104 g/mol. The minimum Gasteiger partial charge on any atom is -0.398 e. The van der Waals surface area contributed by atoms with E-state index in [2.05, 4.69) is 20.3 Å². The van der Waals surface area contributed by atoms with Crippen LogP contribution in [0.1, 0.15) is 0 Å². The molecule has 0 bridgehead atoms. The van der Waals surface area contributed by atoms with Crippen LogP contribution in [0.15, 0.2) is 5.16 Å². The largest absolute Gasteiger partial charge is 0.398 e. The molecule has 4 nitrogen and oxygen atoms in total. The molecule has 0 radical (unpaired) electrons. The first kappa shape index (κ1) is 6.23. The lowest BCUT2D eigenvalue weighted by molar-refractivity contribution is 0.140. The maximum absolute atomic E-state index is 4.36. The Morgan fingerprint density at radius 2 is 2.29 bits per heavy atom. The Hall–Kier alpha value is -0.770. The van der Waals surface area contributed by atoms with Gasteiger partial charge in [0.1, 0.15) is 7.11 Å². The van der Waals surface area contributed by atoms with Crippen molar-refractivity contribution in [1.29, 1.82) is 0 Å². The predicted octanol–water partition coefficient (Wildman–Crippen LogP) is -0.273. The van der Waals surface area contributed by atoms with Crippen molar-refractivity contribution < 1.29 is 9.68 Å². The van der Waals surface area contributed by atoms with Gasteiger partial charge in [-0.05, 0) is 0 Å². The number of nitrogens with one attached hydrogen (secondary N) is 1. The van der Waals surface area contributed by atoms with E-state index in [1.54, 1.807) is 0 Å². The zero-order valence-electron chi connectivity index (χ0n) is 4.34. The summed E-state index contributed by atoms with van der Waals surface area (Å²) in [6, 6.07) is 0. The molecule has 1 N–H and O–H groups in total. The molecule has 0 aromatic rings. The molecule has 0 saturated carbocycles. The number of rotatable bonds is 3. The standard InChI is InChI=1S/C3H8N2O2/c1-6-4-3-5-7-2/h3H,1-2H3,(H,4,5). The fraction of sp³-hybridized carbons (Fsp3) is 0.667. The van der Waals surface area contributed by atoms with Crippen molar-refractivity contribution in [2.24, 2.45) is 5.16 Å². The first-order valence-corrected chi connectivity index (χ1v) is 1.75. The predicted molar refractivity (Wildman–Crippen MR) is 25.6 cm³/mol. The van der Waals surface area contributed by atoms with E-state index in [0.717, 1.165) is 0 Å². The highest BCUT2D eigenvalue weighted by Crippen LogP contribution is 1.57. The highest BCUT2D eigenvalue weighted by molar-refractivity contribution is 5.51. The highest BCUT2D eigenvalue weighted by atomic mass is 16.6. The molecule has 42 valence electrons. The molecular weight excluding hydrogens is 96.0 g/mol. The fourth-order valence-corrected chi connectivity index (χ4v) is 0.127. The monoisotopic (exact) mass is 104 g/mol. The van der Waals surface area contributed by atoms with E-state index in [1.807, 2.05) is 0 Å². The van der Waals surface area contributed by atoms with Gasteiger partial charge in [0.15, 0.2) is 6.34 Å². The van der Waals surface area contributed by atoms with Crippen LogP contribution in [0.3, 0.4) is 0 Å². The maximum atomic E-state index is 4.36. The number of hydrogen-bond donors (Lipinski definition) is 1. The zero-order chi connectivity index (χ0) is 5.54. The van der Waals surface area contributed by atoms with Crippen molar-refractivity contribution in [1.82, 2.24) is 5.48 Å². The van der Waals surface area contributed by atoms with Crippen LogP contribution in [0, 0.1) is 0 Å². The van der Waals surface area contributed by atoms with Gasteiger partial charge in [-0.2, -0.15) is 0 Å². The van der Waals surface area contributed by atoms with E-state index in [4.69, 9.17) is 0 Å². The van der Waals surface area contributed by atoms with Gasteiger partial charge in [-0.25, -0.2) is 0 Å². The molecule has 0 heterocycles. The van der Waals surface area contributed by atoms with Crippen LogP contribution in [0.25, 0.3) is 0 Å². The minimum absolute atomic E-state index is 1.29. The second-order valence-corrected chi connectivity index (χ2v) is 0.739. The molecule has 4 heteroatoms. The van der Waals surface area contributed by atoms with Crippen LogP contribution in [-0.4, -0.2) is 20.6 Å². The van der Waals surface area contributed by atoms with Gasteiger partial charge in [0.2, 0.25) is 0 Å². The minimum atomic E-state index is 1.29. The third-order valence-corrected chi connectivity index (χ3v) is 0.329. The maximum Gasteiger partial charge on any atom is 0.152 e. The molecule has 0 rings (SSSR count). The van der Waals surface area contributed by atoms with E-state index in [1.165, 1.54) is 20.6 Å². The van der Waals surface area contributed by atoms with Gasteiger partial charge in [0.25, 0.3) is 0 Å². The number of hydrogen-bond acceptors (Lipinski definition) is 3. The number of nitrogens with zero attached hydrogens (tertiary/aromatic N) is 1. The molecule has 0 aromatic carbocycles. The summed E-state index contributed by atoms with van der Waals surface area (Å²) < 4.78 is 0. The highest BCUT2D eigenvalue weighted by Gasteiger charge is 1.62. The molecule has 0 unspecified atom stereocenters. The summed E-state index contributed by atoms with van der Waals surface area (Å²) in [5, 5.41) is 3.30. The number of oxime groups is 1. The molecule has 0 amide bonds. The summed E-state index contributed by atoms with van der Waals surface area (Å²) in [5.41, 5.74) is 2.33. The normalized spacial score (nSPS) is 9.43. The van der Waals surface area contributed by atoms with E-state index in [-0.39, 0.29) is 0 Å².